The Kier molecular flexibility index (Phi) is 8.16. The molecular formula is C30H19Br2ClFN3O3. The summed E-state index contributed by atoms with van der Waals surface area (Å²) in [5.74, 6) is -1.45. The lowest BCUT2D eigenvalue weighted by Gasteiger charge is -2.11. The number of hydrazone groups is 1. The van der Waals surface area contributed by atoms with Crippen molar-refractivity contribution in [2.24, 2.45) is 5.10 Å². The van der Waals surface area contributed by atoms with E-state index < -0.39 is 17.7 Å². The van der Waals surface area contributed by atoms with Crippen molar-refractivity contribution in [2.75, 3.05) is 0 Å². The second kappa shape index (κ2) is 11.8. The van der Waals surface area contributed by atoms with Gasteiger partial charge in [0.25, 0.3) is 5.91 Å². The van der Waals surface area contributed by atoms with Crippen LogP contribution in [0.4, 0.5) is 4.39 Å². The molecule has 1 amide bonds. The van der Waals surface area contributed by atoms with Gasteiger partial charge >= 0.3 is 5.97 Å². The van der Waals surface area contributed by atoms with Crippen molar-refractivity contribution in [3.8, 4) is 16.9 Å². The Balaban J connectivity index is 1.46. The standard InChI is InChI=1S/C30H19Br2ClFN3O3/c1-16-9-11-17(12-10-16)30(39)40-28-18(13-19(31)14-22(28)32)15-35-37-29(38)27-25(20-5-2-3-7-23(20)33)21-6-4-8-24(34)26(21)36-27/h2-15,36H,1H3,(H,37,38). The van der Waals surface area contributed by atoms with E-state index in [-0.39, 0.29) is 17.0 Å². The molecule has 1 aromatic heterocycles. The number of aromatic nitrogens is 1. The van der Waals surface area contributed by atoms with Gasteiger partial charge in [0, 0.05) is 31.6 Å². The number of H-pyrrole nitrogens is 1. The van der Waals surface area contributed by atoms with Crippen LogP contribution in [0.3, 0.4) is 0 Å². The summed E-state index contributed by atoms with van der Waals surface area (Å²) in [4.78, 5) is 29.0. The summed E-state index contributed by atoms with van der Waals surface area (Å²) in [5.41, 5.74) is 5.57. The van der Waals surface area contributed by atoms with Crippen LogP contribution in [0.15, 0.2) is 92.9 Å². The third-order valence-electron chi connectivity index (χ3n) is 6.04. The number of nitrogens with zero attached hydrogens (tertiary/aromatic N) is 1. The highest BCUT2D eigenvalue weighted by Gasteiger charge is 2.22. The minimum Gasteiger partial charge on any atom is -0.421 e. The van der Waals surface area contributed by atoms with E-state index in [1.54, 1.807) is 60.7 Å². The van der Waals surface area contributed by atoms with E-state index in [0.29, 0.717) is 41.6 Å². The molecule has 2 N–H and O–H groups in total. The molecule has 200 valence electrons. The Morgan fingerprint density at radius 3 is 2.52 bits per heavy atom. The van der Waals surface area contributed by atoms with Crippen molar-refractivity contribution in [2.45, 2.75) is 6.92 Å². The zero-order valence-electron chi connectivity index (χ0n) is 20.8. The molecule has 0 aliphatic rings. The second-order valence-electron chi connectivity index (χ2n) is 8.78. The summed E-state index contributed by atoms with van der Waals surface area (Å²) in [7, 11) is 0. The van der Waals surface area contributed by atoms with E-state index in [4.69, 9.17) is 16.3 Å². The molecule has 0 saturated heterocycles. The number of nitrogens with one attached hydrogen (secondary N) is 2. The molecule has 0 aliphatic heterocycles. The number of halogens is 4. The third kappa shape index (κ3) is 5.72. The number of hydrogen-bond donors (Lipinski definition) is 2. The van der Waals surface area contributed by atoms with Gasteiger partial charge in [-0.15, -0.1) is 0 Å². The van der Waals surface area contributed by atoms with Crippen LogP contribution in [-0.2, 0) is 0 Å². The maximum atomic E-state index is 14.6. The molecular weight excluding hydrogens is 665 g/mol. The predicted molar refractivity (Wildman–Crippen MR) is 162 cm³/mol. The molecule has 1 heterocycles. The van der Waals surface area contributed by atoms with E-state index >= 15 is 0 Å². The largest absolute Gasteiger partial charge is 0.421 e. The van der Waals surface area contributed by atoms with Crippen molar-refractivity contribution in [1.29, 1.82) is 0 Å². The second-order valence-corrected chi connectivity index (χ2v) is 11.0. The molecule has 5 rings (SSSR count). The number of hydrogen-bond acceptors (Lipinski definition) is 4. The lowest BCUT2D eigenvalue weighted by atomic mass is 10.0. The molecule has 0 spiro atoms. The highest BCUT2D eigenvalue weighted by molar-refractivity contribution is 9.11. The molecule has 0 saturated carbocycles. The fraction of sp³-hybridized carbons (Fsp3) is 0.0333. The van der Waals surface area contributed by atoms with Crippen LogP contribution in [0.5, 0.6) is 5.75 Å². The van der Waals surface area contributed by atoms with E-state index in [1.807, 2.05) is 19.1 Å². The number of benzene rings is 4. The predicted octanol–water partition coefficient (Wildman–Crippen LogP) is 8.44. The minimum atomic E-state index is -0.617. The summed E-state index contributed by atoms with van der Waals surface area (Å²) in [6.45, 7) is 1.92. The molecule has 0 unspecified atom stereocenters. The monoisotopic (exact) mass is 681 g/mol. The van der Waals surface area contributed by atoms with Gasteiger partial charge < -0.3 is 9.72 Å². The number of ether oxygens (including phenoxy) is 1. The lowest BCUT2D eigenvalue weighted by Crippen LogP contribution is -2.19. The van der Waals surface area contributed by atoms with Gasteiger partial charge in [0.05, 0.1) is 21.8 Å². The number of amides is 1. The molecule has 0 fully saturated rings. The minimum absolute atomic E-state index is 0.0896. The van der Waals surface area contributed by atoms with Crippen molar-refractivity contribution in [3.63, 3.8) is 0 Å². The van der Waals surface area contributed by atoms with Gasteiger partial charge in [0.1, 0.15) is 11.5 Å². The number of fused-ring (bicyclic) bond motifs is 1. The van der Waals surface area contributed by atoms with Crippen LogP contribution in [0.25, 0.3) is 22.0 Å². The topological polar surface area (TPSA) is 83.5 Å². The number of esters is 1. The summed E-state index contributed by atoms with van der Waals surface area (Å²) >= 11 is 13.3. The van der Waals surface area contributed by atoms with E-state index in [1.165, 1.54) is 12.3 Å². The highest BCUT2D eigenvalue weighted by atomic mass is 79.9. The number of carbonyl (C=O) groups is 2. The van der Waals surface area contributed by atoms with Gasteiger partial charge in [-0.05, 0) is 59.3 Å². The van der Waals surface area contributed by atoms with Gasteiger partial charge in [-0.2, -0.15) is 5.10 Å². The summed E-state index contributed by atoms with van der Waals surface area (Å²) in [6, 6.07) is 22.0. The summed E-state index contributed by atoms with van der Waals surface area (Å²) in [5, 5.41) is 5.01. The van der Waals surface area contributed by atoms with Crippen molar-refractivity contribution in [1.82, 2.24) is 10.4 Å². The summed E-state index contributed by atoms with van der Waals surface area (Å²) in [6.07, 6.45) is 1.35. The first-order valence-electron chi connectivity index (χ1n) is 11.9. The fourth-order valence-corrected chi connectivity index (χ4v) is 5.71. The van der Waals surface area contributed by atoms with Crippen molar-refractivity contribution >= 4 is 72.5 Å². The zero-order chi connectivity index (χ0) is 28.4. The Bertz CT molecular complexity index is 1800. The van der Waals surface area contributed by atoms with Crippen LogP contribution in [0.2, 0.25) is 5.02 Å². The smallest absolute Gasteiger partial charge is 0.343 e. The quantitative estimate of drug-likeness (QED) is 0.0816. The van der Waals surface area contributed by atoms with E-state index in [2.05, 4.69) is 47.4 Å². The van der Waals surface area contributed by atoms with Crippen molar-refractivity contribution < 1.29 is 18.7 Å². The van der Waals surface area contributed by atoms with Crippen LogP contribution in [0.1, 0.15) is 32.0 Å². The average Bonchev–Trinajstić information content (AvgIpc) is 3.32. The molecule has 5 aromatic rings. The first-order valence-corrected chi connectivity index (χ1v) is 13.9. The maximum absolute atomic E-state index is 14.6. The average molecular weight is 684 g/mol. The van der Waals surface area contributed by atoms with Crippen LogP contribution in [0, 0.1) is 12.7 Å². The van der Waals surface area contributed by atoms with E-state index in [0.717, 1.165) is 5.56 Å². The molecule has 0 aliphatic carbocycles. The first-order chi connectivity index (χ1) is 19.2. The Hall–Kier alpha value is -3.79. The van der Waals surface area contributed by atoms with Gasteiger partial charge in [-0.3, -0.25) is 4.79 Å². The van der Waals surface area contributed by atoms with Crippen molar-refractivity contribution in [3.05, 3.63) is 121 Å². The molecule has 0 bridgehead atoms. The van der Waals surface area contributed by atoms with Gasteiger partial charge in [-0.25, -0.2) is 14.6 Å². The number of carbonyl (C=O) groups excluding carboxylic acids is 2. The van der Waals surface area contributed by atoms with E-state index in [9.17, 15) is 14.0 Å². The molecule has 10 heteroatoms. The number of para-hydroxylation sites is 1. The van der Waals surface area contributed by atoms with Crippen LogP contribution < -0.4 is 10.2 Å². The van der Waals surface area contributed by atoms with Gasteiger partial charge in [0.2, 0.25) is 0 Å². The Labute approximate surface area is 250 Å². The molecule has 6 nitrogen and oxygen atoms in total. The molecule has 0 atom stereocenters. The third-order valence-corrected chi connectivity index (χ3v) is 7.42. The molecule has 40 heavy (non-hydrogen) atoms. The molecule has 4 aromatic carbocycles. The van der Waals surface area contributed by atoms with Gasteiger partial charge in [0.15, 0.2) is 5.75 Å². The zero-order valence-corrected chi connectivity index (χ0v) is 24.7. The Morgan fingerprint density at radius 2 is 1.77 bits per heavy atom. The molecule has 0 radical (unpaired) electrons. The fourth-order valence-electron chi connectivity index (χ4n) is 4.14. The van der Waals surface area contributed by atoms with Gasteiger partial charge in [-0.1, -0.05) is 75.6 Å². The lowest BCUT2D eigenvalue weighted by molar-refractivity contribution is 0.0733. The van der Waals surface area contributed by atoms with Crippen LogP contribution >= 0.6 is 43.5 Å². The highest BCUT2D eigenvalue weighted by Crippen LogP contribution is 2.37. The maximum Gasteiger partial charge on any atom is 0.343 e. The Morgan fingerprint density at radius 1 is 1.02 bits per heavy atom. The summed E-state index contributed by atoms with van der Waals surface area (Å²) < 4.78 is 21.5. The number of aromatic amines is 1. The SMILES string of the molecule is Cc1ccc(C(=O)Oc2c(Br)cc(Br)cc2C=NNC(=O)c2[nH]c3c(F)cccc3c2-c2ccccc2Cl)cc1. The van der Waals surface area contributed by atoms with Crippen LogP contribution in [-0.4, -0.2) is 23.1 Å². The normalized spacial score (nSPS) is 11.2. The first kappa shape index (κ1) is 27.8. The number of aryl methyl sites for hydroxylation is 1. The number of rotatable bonds is 6.